The van der Waals surface area contributed by atoms with Gasteiger partial charge in [0.15, 0.2) is 0 Å². The van der Waals surface area contributed by atoms with Crippen molar-refractivity contribution in [3.05, 3.63) is 0 Å². The Labute approximate surface area is 211 Å². The lowest BCUT2D eigenvalue weighted by atomic mass is 10.0. The summed E-state index contributed by atoms with van der Waals surface area (Å²) in [5.74, 6) is -0.200. The van der Waals surface area contributed by atoms with Gasteiger partial charge in [-0.2, -0.15) is 0 Å². The third kappa shape index (κ3) is 21.9. The first-order chi connectivity index (χ1) is 16.5. The van der Waals surface area contributed by atoms with Gasteiger partial charge in [0.2, 0.25) is 5.91 Å². The van der Waals surface area contributed by atoms with Crippen molar-refractivity contribution < 1.29 is 20.1 Å². The second-order valence-electron chi connectivity index (χ2n) is 10.4. The molecule has 0 aliphatic rings. The number of carbonyl (C=O) groups is 1. The molecule has 0 bridgehead atoms. The molecule has 0 radical (unpaired) electrons. The number of rotatable bonds is 26. The molecular formula is C29H59NO4. The van der Waals surface area contributed by atoms with E-state index in [9.17, 15) is 20.1 Å². The maximum absolute atomic E-state index is 12.2. The molecule has 0 aromatic rings. The Morgan fingerprint density at radius 1 is 0.618 bits per heavy atom. The van der Waals surface area contributed by atoms with E-state index in [4.69, 9.17) is 0 Å². The maximum Gasteiger partial charge on any atom is 0.220 e. The summed E-state index contributed by atoms with van der Waals surface area (Å²) in [7, 11) is 0. The second-order valence-corrected chi connectivity index (χ2v) is 10.4. The van der Waals surface area contributed by atoms with E-state index in [1.54, 1.807) is 0 Å². The zero-order valence-electron chi connectivity index (χ0n) is 22.7. The minimum absolute atomic E-state index is 0.200. The van der Waals surface area contributed by atoms with Crippen molar-refractivity contribution in [1.29, 1.82) is 0 Å². The van der Waals surface area contributed by atoms with Crippen molar-refractivity contribution in [2.75, 3.05) is 6.61 Å². The van der Waals surface area contributed by atoms with E-state index in [1.165, 1.54) is 89.9 Å². The molecule has 0 aliphatic carbocycles. The van der Waals surface area contributed by atoms with Crippen LogP contribution in [-0.4, -0.2) is 46.1 Å². The molecule has 5 nitrogen and oxygen atoms in total. The first kappa shape index (κ1) is 33.4. The molecule has 204 valence electrons. The molecule has 0 heterocycles. The van der Waals surface area contributed by atoms with Gasteiger partial charge in [-0.1, -0.05) is 129 Å². The van der Waals surface area contributed by atoms with Crippen LogP contribution in [0.2, 0.25) is 0 Å². The van der Waals surface area contributed by atoms with Crippen molar-refractivity contribution in [2.24, 2.45) is 0 Å². The lowest BCUT2D eigenvalue weighted by Gasteiger charge is -2.22. The molecule has 1 amide bonds. The Bertz CT molecular complexity index is 432. The predicted octanol–water partition coefficient (Wildman–Crippen LogP) is 6.81. The molecule has 0 aromatic heterocycles. The SMILES string of the molecule is CCCCCCCCCCCCCCCC(O)C(CO)NC(=O)CCC(O)CCCCCCC. The van der Waals surface area contributed by atoms with E-state index in [2.05, 4.69) is 19.2 Å². The number of aliphatic hydroxyl groups excluding tert-OH is 3. The van der Waals surface area contributed by atoms with E-state index < -0.39 is 18.2 Å². The van der Waals surface area contributed by atoms with Crippen LogP contribution in [0.4, 0.5) is 0 Å². The summed E-state index contributed by atoms with van der Waals surface area (Å²) in [5.41, 5.74) is 0. The van der Waals surface area contributed by atoms with Gasteiger partial charge in [0.25, 0.3) is 0 Å². The molecule has 34 heavy (non-hydrogen) atoms. The predicted molar refractivity (Wildman–Crippen MR) is 144 cm³/mol. The highest BCUT2D eigenvalue weighted by atomic mass is 16.3. The molecule has 0 saturated heterocycles. The Balaban J connectivity index is 3.70. The van der Waals surface area contributed by atoms with Gasteiger partial charge in [0.1, 0.15) is 0 Å². The van der Waals surface area contributed by atoms with E-state index in [1.807, 2.05) is 0 Å². The van der Waals surface area contributed by atoms with E-state index in [0.29, 0.717) is 12.8 Å². The van der Waals surface area contributed by atoms with Crippen molar-refractivity contribution in [2.45, 2.75) is 173 Å². The molecule has 5 heteroatoms. The van der Waals surface area contributed by atoms with Gasteiger partial charge in [-0.25, -0.2) is 0 Å². The van der Waals surface area contributed by atoms with Crippen molar-refractivity contribution in [3.8, 4) is 0 Å². The van der Waals surface area contributed by atoms with Crippen LogP contribution >= 0.6 is 0 Å². The average Bonchev–Trinajstić information content (AvgIpc) is 2.83. The zero-order chi connectivity index (χ0) is 25.3. The van der Waals surface area contributed by atoms with Crippen molar-refractivity contribution in [1.82, 2.24) is 5.32 Å². The first-order valence-corrected chi connectivity index (χ1v) is 14.8. The number of aliphatic hydroxyl groups is 3. The molecule has 0 rings (SSSR count). The van der Waals surface area contributed by atoms with E-state index in [-0.39, 0.29) is 18.9 Å². The lowest BCUT2D eigenvalue weighted by Crippen LogP contribution is -2.46. The molecule has 0 spiro atoms. The lowest BCUT2D eigenvalue weighted by molar-refractivity contribution is -0.123. The van der Waals surface area contributed by atoms with Crippen LogP contribution in [0.15, 0.2) is 0 Å². The van der Waals surface area contributed by atoms with Crippen molar-refractivity contribution in [3.63, 3.8) is 0 Å². The van der Waals surface area contributed by atoms with Gasteiger partial charge in [-0.3, -0.25) is 4.79 Å². The highest BCUT2D eigenvalue weighted by Crippen LogP contribution is 2.15. The molecule has 0 fully saturated rings. The number of amides is 1. The molecule has 0 saturated carbocycles. The summed E-state index contributed by atoms with van der Waals surface area (Å²) >= 11 is 0. The van der Waals surface area contributed by atoms with Gasteiger partial charge < -0.3 is 20.6 Å². The van der Waals surface area contributed by atoms with Gasteiger partial charge in [-0.15, -0.1) is 0 Å². The van der Waals surface area contributed by atoms with Crippen molar-refractivity contribution >= 4 is 5.91 Å². The third-order valence-electron chi connectivity index (χ3n) is 6.96. The Morgan fingerprint density at radius 2 is 1.03 bits per heavy atom. The fraction of sp³-hybridized carbons (Fsp3) is 0.966. The summed E-state index contributed by atoms with van der Waals surface area (Å²) in [4.78, 5) is 12.2. The Kier molecular flexibility index (Phi) is 25.0. The highest BCUT2D eigenvalue weighted by Gasteiger charge is 2.20. The fourth-order valence-electron chi connectivity index (χ4n) is 4.54. The van der Waals surface area contributed by atoms with Crippen LogP contribution in [0.3, 0.4) is 0 Å². The third-order valence-corrected chi connectivity index (χ3v) is 6.96. The van der Waals surface area contributed by atoms with E-state index >= 15 is 0 Å². The minimum atomic E-state index is -0.717. The van der Waals surface area contributed by atoms with Gasteiger partial charge in [-0.05, 0) is 19.3 Å². The number of hydrogen-bond acceptors (Lipinski definition) is 4. The quantitative estimate of drug-likeness (QED) is 0.101. The number of hydrogen-bond donors (Lipinski definition) is 4. The maximum atomic E-state index is 12.2. The van der Waals surface area contributed by atoms with E-state index in [0.717, 1.165) is 32.1 Å². The standard InChI is InChI=1S/C29H59NO4/c1-3-5-7-9-10-11-12-13-14-15-16-18-20-22-28(33)27(25-31)30-29(34)24-23-26(32)21-19-17-8-6-4-2/h26-28,31-33H,3-25H2,1-2H3,(H,30,34). The van der Waals surface area contributed by atoms with Crippen LogP contribution < -0.4 is 5.32 Å². The van der Waals surface area contributed by atoms with Crippen LogP contribution in [0.1, 0.15) is 155 Å². The molecule has 4 N–H and O–H groups in total. The summed E-state index contributed by atoms with van der Waals surface area (Å²) in [6.07, 6.45) is 23.3. The van der Waals surface area contributed by atoms with Crippen LogP contribution in [0.5, 0.6) is 0 Å². The molecule has 0 aromatic carbocycles. The van der Waals surface area contributed by atoms with Crippen LogP contribution in [0, 0.1) is 0 Å². The molecular weight excluding hydrogens is 426 g/mol. The highest BCUT2D eigenvalue weighted by molar-refractivity contribution is 5.76. The van der Waals surface area contributed by atoms with Crippen LogP contribution in [-0.2, 0) is 4.79 Å². The Hall–Kier alpha value is -0.650. The zero-order valence-corrected chi connectivity index (χ0v) is 22.7. The van der Waals surface area contributed by atoms with Gasteiger partial charge >= 0.3 is 0 Å². The van der Waals surface area contributed by atoms with Crippen LogP contribution in [0.25, 0.3) is 0 Å². The number of unbranched alkanes of at least 4 members (excludes halogenated alkanes) is 16. The smallest absolute Gasteiger partial charge is 0.220 e. The molecule has 3 atom stereocenters. The molecule has 0 aliphatic heterocycles. The second kappa shape index (κ2) is 25.4. The molecule has 3 unspecified atom stereocenters. The first-order valence-electron chi connectivity index (χ1n) is 14.8. The summed E-state index contributed by atoms with van der Waals surface area (Å²) in [6.45, 7) is 4.18. The summed E-state index contributed by atoms with van der Waals surface area (Å²) in [6, 6.07) is -0.615. The normalized spacial score (nSPS) is 14.1. The average molecular weight is 486 g/mol. The largest absolute Gasteiger partial charge is 0.394 e. The fourth-order valence-corrected chi connectivity index (χ4v) is 4.54. The number of nitrogens with one attached hydrogen (secondary N) is 1. The monoisotopic (exact) mass is 485 g/mol. The Morgan fingerprint density at radius 3 is 1.47 bits per heavy atom. The van der Waals surface area contributed by atoms with Gasteiger partial charge in [0.05, 0.1) is 24.9 Å². The summed E-state index contributed by atoms with van der Waals surface area (Å²) < 4.78 is 0. The number of carbonyl (C=O) groups excluding carboxylic acids is 1. The summed E-state index contributed by atoms with van der Waals surface area (Å²) in [5, 5.41) is 32.8. The minimum Gasteiger partial charge on any atom is -0.394 e. The van der Waals surface area contributed by atoms with Gasteiger partial charge in [0, 0.05) is 6.42 Å². The topological polar surface area (TPSA) is 89.8 Å².